The molecule has 2 nitrogen and oxygen atoms in total. The van der Waals surface area contributed by atoms with Gasteiger partial charge < -0.3 is 0 Å². The highest BCUT2D eigenvalue weighted by atomic mass is 16.1. The zero-order valence-corrected chi connectivity index (χ0v) is 10.1. The van der Waals surface area contributed by atoms with E-state index in [1.165, 1.54) is 0 Å². The topological polar surface area (TPSA) is 29.1 Å². The molecule has 1 N–H and O–H groups in total. The SMILES string of the molecule is C=CCNC1(c2ccccc2)CCCCC1=O. The second-order valence-corrected chi connectivity index (χ2v) is 4.57. The average Bonchev–Trinajstić information content (AvgIpc) is 2.39. The maximum Gasteiger partial charge on any atom is 0.157 e. The van der Waals surface area contributed by atoms with Crippen LogP contribution >= 0.6 is 0 Å². The zero-order valence-electron chi connectivity index (χ0n) is 10.1. The van der Waals surface area contributed by atoms with Gasteiger partial charge in [-0.2, -0.15) is 0 Å². The first-order valence-corrected chi connectivity index (χ1v) is 6.24. The van der Waals surface area contributed by atoms with Crippen LogP contribution in [0.4, 0.5) is 0 Å². The third-order valence-electron chi connectivity index (χ3n) is 3.50. The molecule has 1 aliphatic rings. The number of hydrogen-bond donors (Lipinski definition) is 1. The molecule has 0 radical (unpaired) electrons. The lowest BCUT2D eigenvalue weighted by Crippen LogP contribution is -2.50. The lowest BCUT2D eigenvalue weighted by atomic mass is 9.75. The molecular weight excluding hydrogens is 210 g/mol. The van der Waals surface area contributed by atoms with Gasteiger partial charge in [0, 0.05) is 13.0 Å². The molecule has 0 aromatic heterocycles. The van der Waals surface area contributed by atoms with Crippen LogP contribution in [0.1, 0.15) is 31.2 Å². The summed E-state index contributed by atoms with van der Waals surface area (Å²) >= 11 is 0. The summed E-state index contributed by atoms with van der Waals surface area (Å²) < 4.78 is 0. The van der Waals surface area contributed by atoms with Crippen molar-refractivity contribution in [2.24, 2.45) is 0 Å². The smallest absolute Gasteiger partial charge is 0.157 e. The van der Waals surface area contributed by atoms with E-state index in [4.69, 9.17) is 0 Å². The number of carbonyl (C=O) groups excluding carboxylic acids is 1. The Bertz CT molecular complexity index is 399. The molecule has 2 heteroatoms. The first-order chi connectivity index (χ1) is 8.29. The normalized spacial score (nSPS) is 24.6. The van der Waals surface area contributed by atoms with Crippen molar-refractivity contribution in [3.05, 3.63) is 48.6 Å². The molecule has 1 aliphatic carbocycles. The summed E-state index contributed by atoms with van der Waals surface area (Å²) in [5.74, 6) is 0.316. The fraction of sp³-hybridized carbons (Fsp3) is 0.400. The Balaban J connectivity index is 2.35. The van der Waals surface area contributed by atoms with Crippen LogP contribution in [0, 0.1) is 0 Å². The number of ketones is 1. The van der Waals surface area contributed by atoms with E-state index in [2.05, 4.69) is 11.9 Å². The fourth-order valence-electron chi connectivity index (χ4n) is 2.59. The molecule has 0 spiro atoms. The third-order valence-corrected chi connectivity index (χ3v) is 3.50. The number of hydrogen-bond acceptors (Lipinski definition) is 2. The summed E-state index contributed by atoms with van der Waals surface area (Å²) in [7, 11) is 0. The number of rotatable bonds is 4. The van der Waals surface area contributed by atoms with Crippen molar-refractivity contribution in [2.45, 2.75) is 31.2 Å². The Morgan fingerprint density at radius 3 is 2.71 bits per heavy atom. The third kappa shape index (κ3) is 2.32. The molecule has 0 saturated heterocycles. The lowest BCUT2D eigenvalue weighted by molar-refractivity contribution is -0.127. The van der Waals surface area contributed by atoms with Crippen LogP contribution in [-0.4, -0.2) is 12.3 Å². The summed E-state index contributed by atoms with van der Waals surface area (Å²) in [6.07, 6.45) is 5.50. The average molecular weight is 229 g/mol. The minimum atomic E-state index is -0.478. The predicted octanol–water partition coefficient (Wildman–Crippen LogP) is 2.80. The van der Waals surface area contributed by atoms with Crippen LogP contribution in [0.5, 0.6) is 0 Å². The van der Waals surface area contributed by atoms with E-state index in [1.54, 1.807) is 0 Å². The van der Waals surface area contributed by atoms with Crippen molar-refractivity contribution in [3.8, 4) is 0 Å². The van der Waals surface area contributed by atoms with Crippen LogP contribution in [0.2, 0.25) is 0 Å². The van der Waals surface area contributed by atoms with Gasteiger partial charge in [-0.15, -0.1) is 6.58 Å². The van der Waals surface area contributed by atoms with Crippen molar-refractivity contribution in [1.82, 2.24) is 5.32 Å². The molecule has 1 unspecified atom stereocenters. The molecular formula is C15H19NO. The maximum atomic E-state index is 12.3. The van der Waals surface area contributed by atoms with Gasteiger partial charge in [0.05, 0.1) is 0 Å². The van der Waals surface area contributed by atoms with Gasteiger partial charge in [-0.3, -0.25) is 10.1 Å². The van der Waals surface area contributed by atoms with Crippen molar-refractivity contribution in [2.75, 3.05) is 6.54 Å². The number of benzene rings is 1. The minimum Gasteiger partial charge on any atom is -0.298 e. The van der Waals surface area contributed by atoms with E-state index in [0.29, 0.717) is 18.7 Å². The Kier molecular flexibility index (Phi) is 3.75. The Hall–Kier alpha value is -1.41. The summed E-state index contributed by atoms with van der Waals surface area (Å²) in [6, 6.07) is 10.1. The summed E-state index contributed by atoms with van der Waals surface area (Å²) in [6.45, 7) is 4.39. The van der Waals surface area contributed by atoms with E-state index in [-0.39, 0.29) is 0 Å². The molecule has 1 fully saturated rings. The lowest BCUT2D eigenvalue weighted by Gasteiger charge is -2.37. The molecule has 90 valence electrons. The van der Waals surface area contributed by atoms with Crippen molar-refractivity contribution in [1.29, 1.82) is 0 Å². The van der Waals surface area contributed by atoms with Gasteiger partial charge in [-0.1, -0.05) is 42.8 Å². The highest BCUT2D eigenvalue weighted by Crippen LogP contribution is 2.34. The van der Waals surface area contributed by atoms with Gasteiger partial charge in [0.1, 0.15) is 5.54 Å². The second kappa shape index (κ2) is 5.28. The summed E-state index contributed by atoms with van der Waals surface area (Å²) in [5, 5.41) is 3.38. The van der Waals surface area contributed by atoms with Crippen molar-refractivity contribution in [3.63, 3.8) is 0 Å². The Morgan fingerprint density at radius 1 is 1.29 bits per heavy atom. The Morgan fingerprint density at radius 2 is 2.06 bits per heavy atom. The monoisotopic (exact) mass is 229 g/mol. The van der Waals surface area contributed by atoms with Crippen LogP contribution in [0.25, 0.3) is 0 Å². The molecule has 1 atom stereocenters. The van der Waals surface area contributed by atoms with Gasteiger partial charge in [-0.25, -0.2) is 0 Å². The molecule has 0 aliphatic heterocycles. The van der Waals surface area contributed by atoms with Crippen molar-refractivity contribution < 1.29 is 4.79 Å². The standard InChI is InChI=1S/C15H19NO/c1-2-12-16-15(11-7-6-10-14(15)17)13-8-4-3-5-9-13/h2-5,8-9,16H,1,6-7,10-12H2. The molecule has 0 heterocycles. The van der Waals surface area contributed by atoms with Crippen LogP contribution in [0.15, 0.2) is 43.0 Å². The van der Waals surface area contributed by atoms with E-state index < -0.39 is 5.54 Å². The molecule has 0 amide bonds. The quantitative estimate of drug-likeness (QED) is 0.804. The molecule has 0 bridgehead atoms. The van der Waals surface area contributed by atoms with Gasteiger partial charge >= 0.3 is 0 Å². The molecule has 2 rings (SSSR count). The molecule has 1 aromatic rings. The predicted molar refractivity (Wildman–Crippen MR) is 69.8 cm³/mol. The fourth-order valence-corrected chi connectivity index (χ4v) is 2.59. The number of nitrogens with one attached hydrogen (secondary N) is 1. The zero-order chi connectivity index (χ0) is 12.1. The molecule has 1 aromatic carbocycles. The van der Waals surface area contributed by atoms with Gasteiger partial charge in [0.2, 0.25) is 0 Å². The molecule has 17 heavy (non-hydrogen) atoms. The highest BCUT2D eigenvalue weighted by molar-refractivity contribution is 5.90. The minimum absolute atomic E-state index is 0.316. The van der Waals surface area contributed by atoms with E-state index in [9.17, 15) is 4.79 Å². The summed E-state index contributed by atoms with van der Waals surface area (Å²) in [4.78, 5) is 12.3. The maximum absolute atomic E-state index is 12.3. The largest absolute Gasteiger partial charge is 0.298 e. The number of carbonyl (C=O) groups is 1. The van der Waals surface area contributed by atoms with E-state index >= 15 is 0 Å². The first kappa shape index (κ1) is 12.1. The van der Waals surface area contributed by atoms with Gasteiger partial charge in [0.25, 0.3) is 0 Å². The number of Topliss-reactive ketones (excluding diaryl/α,β-unsaturated/α-hetero) is 1. The summed E-state index contributed by atoms with van der Waals surface area (Å²) in [5.41, 5.74) is 0.611. The second-order valence-electron chi connectivity index (χ2n) is 4.57. The molecule has 1 saturated carbocycles. The van der Waals surface area contributed by atoms with Crippen LogP contribution in [0.3, 0.4) is 0 Å². The van der Waals surface area contributed by atoms with Gasteiger partial charge in [0.15, 0.2) is 5.78 Å². The first-order valence-electron chi connectivity index (χ1n) is 6.24. The highest BCUT2D eigenvalue weighted by Gasteiger charge is 2.40. The Labute approximate surface area is 103 Å². The van der Waals surface area contributed by atoms with E-state index in [1.807, 2.05) is 36.4 Å². The van der Waals surface area contributed by atoms with Crippen molar-refractivity contribution >= 4 is 5.78 Å². The van der Waals surface area contributed by atoms with E-state index in [0.717, 1.165) is 24.8 Å². The van der Waals surface area contributed by atoms with Gasteiger partial charge in [-0.05, 0) is 18.4 Å². The van der Waals surface area contributed by atoms with Crippen LogP contribution in [-0.2, 0) is 10.3 Å². The van der Waals surface area contributed by atoms with Crippen LogP contribution < -0.4 is 5.32 Å².